The molecule has 1 aliphatic rings. The molecular formula is C27H32ClNO6S. The molecule has 0 saturated carbocycles. The van der Waals surface area contributed by atoms with Crippen molar-refractivity contribution < 1.29 is 27.4 Å². The molecule has 1 aliphatic heterocycles. The molecule has 2 unspecified atom stereocenters. The summed E-state index contributed by atoms with van der Waals surface area (Å²) in [6, 6.07) is 13.0. The fourth-order valence-corrected chi connectivity index (χ4v) is 6.16. The zero-order valence-electron chi connectivity index (χ0n) is 21.1. The molecule has 0 saturated heterocycles. The predicted octanol–water partition coefficient (Wildman–Crippen LogP) is 5.72. The maximum Gasteiger partial charge on any atom is 0.336 e. The molecule has 0 aliphatic carbocycles. The van der Waals surface area contributed by atoms with Crippen LogP contribution >= 0.6 is 11.6 Å². The number of unbranched alkanes of at least 4 members (excludes halogenated alkanes) is 1. The Morgan fingerprint density at radius 1 is 1.08 bits per heavy atom. The molecule has 1 heterocycles. The highest BCUT2D eigenvalue weighted by Crippen LogP contribution is 2.45. The van der Waals surface area contributed by atoms with Crippen LogP contribution in [0, 0.1) is 0 Å². The lowest BCUT2D eigenvalue weighted by Crippen LogP contribution is -2.31. The molecule has 2 aromatic rings. The third-order valence-electron chi connectivity index (χ3n) is 5.90. The first-order valence-corrected chi connectivity index (χ1v) is 13.6. The lowest BCUT2D eigenvalue weighted by Gasteiger charge is -2.31. The fourth-order valence-electron chi connectivity index (χ4n) is 4.16. The largest absolute Gasteiger partial charge is 0.466 e. The molecule has 9 heteroatoms. The zero-order valence-corrected chi connectivity index (χ0v) is 22.7. The average molecular weight is 534 g/mol. The van der Waals surface area contributed by atoms with E-state index in [1.807, 2.05) is 0 Å². The van der Waals surface area contributed by atoms with Crippen molar-refractivity contribution in [3.05, 3.63) is 81.0 Å². The summed E-state index contributed by atoms with van der Waals surface area (Å²) in [7, 11) is -2.80. The van der Waals surface area contributed by atoms with E-state index in [1.165, 1.54) is 19.2 Å². The van der Waals surface area contributed by atoms with Gasteiger partial charge in [-0.3, -0.25) is 0 Å². The lowest BCUT2D eigenvalue weighted by atomic mass is 9.86. The van der Waals surface area contributed by atoms with Crippen LogP contribution in [0.4, 0.5) is 0 Å². The molecular weight excluding hydrogens is 502 g/mol. The molecule has 7 nitrogen and oxygen atoms in total. The van der Waals surface area contributed by atoms with Gasteiger partial charge in [0.25, 0.3) is 0 Å². The third-order valence-corrected chi connectivity index (χ3v) is 8.25. The van der Waals surface area contributed by atoms with E-state index >= 15 is 0 Å². The number of halogens is 1. The number of esters is 1. The number of allylic oxidation sites excluding steroid dienone is 3. The summed E-state index contributed by atoms with van der Waals surface area (Å²) < 4.78 is 44.3. The lowest BCUT2D eigenvalue weighted by molar-refractivity contribution is -0.136. The molecule has 0 bridgehead atoms. The van der Waals surface area contributed by atoms with Gasteiger partial charge in [0.15, 0.2) is 6.29 Å². The van der Waals surface area contributed by atoms with E-state index in [0.717, 1.165) is 12.8 Å². The first-order valence-electron chi connectivity index (χ1n) is 11.8. The van der Waals surface area contributed by atoms with E-state index in [-0.39, 0.29) is 15.4 Å². The van der Waals surface area contributed by atoms with Crippen LogP contribution in [-0.2, 0) is 24.1 Å². The summed E-state index contributed by atoms with van der Waals surface area (Å²) in [6.45, 7) is 7.83. The van der Waals surface area contributed by atoms with Crippen molar-refractivity contribution >= 4 is 27.4 Å². The number of ether oxygens (including phenoxy) is 3. The fraction of sp³-hybridized carbons (Fsp3) is 0.370. The Bertz CT molecular complexity index is 1270. The van der Waals surface area contributed by atoms with Crippen LogP contribution in [0.3, 0.4) is 0 Å². The Kier molecular flexibility index (Phi) is 9.22. The summed E-state index contributed by atoms with van der Waals surface area (Å²) in [6.07, 6.45) is 1.48. The van der Waals surface area contributed by atoms with E-state index in [4.69, 9.17) is 25.8 Å². The van der Waals surface area contributed by atoms with Crippen LogP contribution < -0.4 is 10.1 Å². The minimum absolute atomic E-state index is 0.0338. The van der Waals surface area contributed by atoms with Gasteiger partial charge in [0.2, 0.25) is 9.84 Å². The number of sulfone groups is 1. The van der Waals surface area contributed by atoms with Crippen molar-refractivity contribution in [2.45, 2.75) is 57.6 Å². The second kappa shape index (κ2) is 12.0. The number of dihydropyridines is 1. The second-order valence-electron chi connectivity index (χ2n) is 8.48. The van der Waals surface area contributed by atoms with Gasteiger partial charge < -0.3 is 19.5 Å². The van der Waals surface area contributed by atoms with Gasteiger partial charge >= 0.3 is 5.97 Å². The van der Waals surface area contributed by atoms with Gasteiger partial charge in [-0.15, -0.1) is 0 Å². The number of carbonyl (C=O) groups is 1. The van der Waals surface area contributed by atoms with Crippen LogP contribution in [0.5, 0.6) is 5.75 Å². The first kappa shape index (κ1) is 27.8. The van der Waals surface area contributed by atoms with Crippen molar-refractivity contribution in [1.82, 2.24) is 5.32 Å². The Morgan fingerprint density at radius 2 is 1.75 bits per heavy atom. The van der Waals surface area contributed by atoms with Crippen molar-refractivity contribution in [1.29, 1.82) is 0 Å². The van der Waals surface area contributed by atoms with E-state index < -0.39 is 28.0 Å². The molecule has 0 aromatic heterocycles. The van der Waals surface area contributed by atoms with E-state index in [9.17, 15) is 13.2 Å². The van der Waals surface area contributed by atoms with Crippen molar-refractivity contribution in [3.8, 4) is 5.75 Å². The summed E-state index contributed by atoms with van der Waals surface area (Å²) >= 11 is 6.50. The molecule has 2 aromatic carbocycles. The Balaban J connectivity index is 2.02. The minimum Gasteiger partial charge on any atom is -0.466 e. The number of rotatable bonds is 10. The van der Waals surface area contributed by atoms with E-state index in [1.54, 1.807) is 57.2 Å². The number of hydrogen-bond acceptors (Lipinski definition) is 7. The molecule has 2 atom stereocenters. The highest BCUT2D eigenvalue weighted by molar-refractivity contribution is 7.95. The normalized spacial score (nSPS) is 17.0. The van der Waals surface area contributed by atoms with Crippen LogP contribution in [0.2, 0.25) is 5.02 Å². The highest BCUT2D eigenvalue weighted by Gasteiger charge is 2.41. The van der Waals surface area contributed by atoms with Crippen molar-refractivity contribution in [3.63, 3.8) is 0 Å². The highest BCUT2D eigenvalue weighted by atomic mass is 35.5. The van der Waals surface area contributed by atoms with Crippen molar-refractivity contribution in [2.75, 3.05) is 13.7 Å². The van der Waals surface area contributed by atoms with E-state index in [0.29, 0.717) is 34.3 Å². The number of hydrogen-bond donors (Lipinski definition) is 1. The van der Waals surface area contributed by atoms with E-state index in [2.05, 4.69) is 12.2 Å². The SMILES string of the molecule is CCCCOC(C)Oc1ccc(S(=O)(=O)C2=C(C)NC(C)=C(C(=O)OC)C2c2ccccc2Cl)cc1. The maximum atomic E-state index is 14.0. The second-order valence-corrected chi connectivity index (χ2v) is 10.8. The summed E-state index contributed by atoms with van der Waals surface area (Å²) in [5.41, 5.74) is 1.59. The van der Waals surface area contributed by atoms with Gasteiger partial charge in [-0.25, -0.2) is 13.2 Å². The van der Waals surface area contributed by atoms with Crippen LogP contribution in [0.25, 0.3) is 0 Å². The van der Waals surface area contributed by atoms with Gasteiger partial charge in [0.1, 0.15) is 5.75 Å². The predicted molar refractivity (Wildman–Crippen MR) is 139 cm³/mol. The van der Waals surface area contributed by atoms with Gasteiger partial charge in [-0.1, -0.05) is 43.1 Å². The molecule has 0 amide bonds. The Hall–Kier alpha value is -2.81. The average Bonchev–Trinajstić information content (AvgIpc) is 2.84. The monoisotopic (exact) mass is 533 g/mol. The van der Waals surface area contributed by atoms with Gasteiger partial charge in [0.05, 0.1) is 35.0 Å². The molecule has 3 rings (SSSR count). The Morgan fingerprint density at radius 3 is 2.36 bits per heavy atom. The Labute approximate surface area is 218 Å². The maximum absolute atomic E-state index is 14.0. The third kappa shape index (κ3) is 5.94. The number of nitrogens with one attached hydrogen (secondary N) is 1. The zero-order chi connectivity index (χ0) is 26.5. The van der Waals surface area contributed by atoms with Gasteiger partial charge in [0, 0.05) is 16.4 Å². The number of carbonyl (C=O) groups excluding carboxylic acids is 1. The summed E-state index contributed by atoms with van der Waals surface area (Å²) in [5, 5.41) is 3.39. The molecule has 36 heavy (non-hydrogen) atoms. The first-order chi connectivity index (χ1) is 17.1. The molecule has 194 valence electrons. The quantitative estimate of drug-likeness (QED) is 0.237. The number of methoxy groups -OCH3 is 1. The molecule has 0 radical (unpaired) electrons. The number of benzene rings is 2. The smallest absolute Gasteiger partial charge is 0.336 e. The van der Waals surface area contributed by atoms with Gasteiger partial charge in [-0.05, 0) is 63.1 Å². The van der Waals surface area contributed by atoms with Crippen LogP contribution in [0.1, 0.15) is 52.0 Å². The molecule has 0 spiro atoms. The minimum atomic E-state index is -4.06. The molecule has 0 fully saturated rings. The van der Waals surface area contributed by atoms with Crippen molar-refractivity contribution in [2.24, 2.45) is 0 Å². The standard InChI is InChI=1S/C27H32ClNO6S/c1-6-7-16-34-19(4)35-20-12-14-21(15-13-20)36(31,32)26-18(3)29-17(2)24(27(30)33-5)25(26)22-10-8-9-11-23(22)28/h8-15,19,25,29H,6-7,16H2,1-5H3. The topological polar surface area (TPSA) is 90.9 Å². The van der Waals surface area contributed by atoms with Crippen LogP contribution in [-0.4, -0.2) is 34.4 Å². The summed E-state index contributed by atoms with van der Waals surface area (Å²) in [4.78, 5) is 12.9. The molecule has 1 N–H and O–H groups in total. The van der Waals surface area contributed by atoms with Crippen LogP contribution in [0.15, 0.2) is 75.3 Å². The summed E-state index contributed by atoms with van der Waals surface area (Å²) in [5.74, 6) is -1.09. The van der Waals surface area contributed by atoms with Gasteiger partial charge in [-0.2, -0.15) is 0 Å².